The molecule has 28 heavy (non-hydrogen) atoms. The number of nitrogens with zero attached hydrogens (tertiary/aromatic N) is 1. The van der Waals surface area contributed by atoms with E-state index in [1.807, 2.05) is 17.5 Å². The maximum absolute atomic E-state index is 12.6. The van der Waals surface area contributed by atoms with Crippen LogP contribution in [0.1, 0.15) is 40.9 Å². The lowest BCUT2D eigenvalue weighted by Crippen LogP contribution is -2.41. The highest BCUT2D eigenvalue weighted by atomic mass is 32.2. The SMILES string of the molecule is O=C(CCCc1cccs1)NNC(=O)c1cccc(S(=O)(=O)N2CCCC2)c1. The summed E-state index contributed by atoms with van der Waals surface area (Å²) in [7, 11) is -3.59. The number of aryl methyl sites for hydroxylation is 1. The Morgan fingerprint density at radius 1 is 1.07 bits per heavy atom. The van der Waals surface area contributed by atoms with Gasteiger partial charge in [0.05, 0.1) is 4.90 Å². The molecule has 2 N–H and O–H groups in total. The largest absolute Gasteiger partial charge is 0.273 e. The van der Waals surface area contributed by atoms with Crippen LogP contribution < -0.4 is 10.9 Å². The number of carbonyl (C=O) groups excluding carboxylic acids is 2. The highest BCUT2D eigenvalue weighted by Gasteiger charge is 2.27. The van der Waals surface area contributed by atoms with Crippen LogP contribution in [0.15, 0.2) is 46.7 Å². The van der Waals surface area contributed by atoms with Crippen LogP contribution in [0.4, 0.5) is 0 Å². The summed E-state index contributed by atoms with van der Waals surface area (Å²) < 4.78 is 26.7. The second kappa shape index (κ2) is 9.31. The monoisotopic (exact) mass is 421 g/mol. The van der Waals surface area contributed by atoms with Crippen LogP contribution in [0.5, 0.6) is 0 Å². The minimum absolute atomic E-state index is 0.0873. The number of hydrazine groups is 1. The first-order chi connectivity index (χ1) is 13.5. The third-order valence-corrected chi connectivity index (χ3v) is 7.35. The van der Waals surface area contributed by atoms with Crippen LogP contribution in [-0.4, -0.2) is 37.6 Å². The zero-order valence-corrected chi connectivity index (χ0v) is 17.0. The van der Waals surface area contributed by atoms with E-state index in [0.29, 0.717) is 25.9 Å². The maximum Gasteiger partial charge on any atom is 0.269 e. The van der Waals surface area contributed by atoms with Crippen LogP contribution >= 0.6 is 11.3 Å². The zero-order valence-electron chi connectivity index (χ0n) is 15.4. The van der Waals surface area contributed by atoms with Crippen molar-refractivity contribution in [2.75, 3.05) is 13.1 Å². The van der Waals surface area contributed by atoms with Gasteiger partial charge in [0.1, 0.15) is 0 Å². The van der Waals surface area contributed by atoms with Gasteiger partial charge in [-0.15, -0.1) is 11.3 Å². The predicted octanol–water partition coefficient (Wildman–Crippen LogP) is 2.32. The number of hydrogen-bond acceptors (Lipinski definition) is 5. The minimum Gasteiger partial charge on any atom is -0.273 e. The molecule has 1 aromatic carbocycles. The Labute approximate surface area is 168 Å². The van der Waals surface area contributed by atoms with Crippen LogP contribution in [0.25, 0.3) is 0 Å². The second-order valence-corrected chi connectivity index (χ2v) is 9.54. The fourth-order valence-electron chi connectivity index (χ4n) is 3.01. The number of rotatable bonds is 7. The van der Waals surface area contributed by atoms with E-state index in [-0.39, 0.29) is 16.4 Å². The zero-order chi connectivity index (χ0) is 20.0. The van der Waals surface area contributed by atoms with Gasteiger partial charge in [-0.3, -0.25) is 20.4 Å². The van der Waals surface area contributed by atoms with E-state index in [9.17, 15) is 18.0 Å². The van der Waals surface area contributed by atoms with E-state index in [1.165, 1.54) is 33.4 Å². The molecule has 0 spiro atoms. The molecule has 2 heterocycles. The molecule has 3 rings (SSSR count). The number of amides is 2. The molecule has 0 atom stereocenters. The summed E-state index contributed by atoms with van der Waals surface area (Å²) in [5.74, 6) is -0.837. The van der Waals surface area contributed by atoms with Gasteiger partial charge < -0.3 is 0 Å². The van der Waals surface area contributed by atoms with E-state index >= 15 is 0 Å². The Hall–Kier alpha value is -2.23. The highest BCUT2D eigenvalue weighted by Crippen LogP contribution is 2.21. The number of carbonyl (C=O) groups is 2. The predicted molar refractivity (Wildman–Crippen MR) is 107 cm³/mol. The number of thiophene rings is 1. The van der Waals surface area contributed by atoms with Gasteiger partial charge in [0.15, 0.2) is 0 Å². The normalized spacial score (nSPS) is 14.7. The average Bonchev–Trinajstić information content (AvgIpc) is 3.40. The highest BCUT2D eigenvalue weighted by molar-refractivity contribution is 7.89. The minimum atomic E-state index is -3.59. The maximum atomic E-state index is 12.6. The van der Waals surface area contributed by atoms with E-state index in [1.54, 1.807) is 11.3 Å². The van der Waals surface area contributed by atoms with E-state index < -0.39 is 15.9 Å². The average molecular weight is 422 g/mol. The van der Waals surface area contributed by atoms with Crippen molar-refractivity contribution in [2.24, 2.45) is 0 Å². The lowest BCUT2D eigenvalue weighted by molar-refractivity contribution is -0.121. The summed E-state index contributed by atoms with van der Waals surface area (Å²) in [4.78, 5) is 25.5. The third-order valence-electron chi connectivity index (χ3n) is 4.52. The number of nitrogens with one attached hydrogen (secondary N) is 2. The van der Waals surface area contributed by atoms with Gasteiger partial charge in [-0.2, -0.15) is 4.31 Å². The van der Waals surface area contributed by atoms with Gasteiger partial charge >= 0.3 is 0 Å². The lowest BCUT2D eigenvalue weighted by Gasteiger charge is -2.16. The van der Waals surface area contributed by atoms with Crippen LogP contribution in [0.3, 0.4) is 0 Å². The van der Waals surface area contributed by atoms with Crippen molar-refractivity contribution in [2.45, 2.75) is 37.0 Å². The molecule has 1 aromatic heterocycles. The fourth-order valence-corrected chi connectivity index (χ4v) is 5.33. The van der Waals surface area contributed by atoms with Gasteiger partial charge in [0.25, 0.3) is 5.91 Å². The summed E-state index contributed by atoms with van der Waals surface area (Å²) in [6.45, 7) is 1.00. The quantitative estimate of drug-likeness (QED) is 0.671. The van der Waals surface area contributed by atoms with Gasteiger partial charge in [0, 0.05) is 30.0 Å². The molecule has 9 heteroatoms. The first kappa shape index (κ1) is 20.5. The van der Waals surface area contributed by atoms with Crippen molar-refractivity contribution in [1.29, 1.82) is 0 Å². The first-order valence-corrected chi connectivity index (χ1v) is 11.5. The molecule has 1 aliphatic heterocycles. The summed E-state index contributed by atoms with van der Waals surface area (Å²) >= 11 is 1.65. The first-order valence-electron chi connectivity index (χ1n) is 9.18. The topological polar surface area (TPSA) is 95.6 Å². The Kier molecular flexibility index (Phi) is 6.82. The smallest absolute Gasteiger partial charge is 0.269 e. The van der Waals surface area contributed by atoms with Gasteiger partial charge in [-0.05, 0) is 55.3 Å². The molecule has 150 valence electrons. The van der Waals surface area contributed by atoms with Crippen molar-refractivity contribution in [1.82, 2.24) is 15.2 Å². The van der Waals surface area contributed by atoms with Gasteiger partial charge in [0.2, 0.25) is 15.9 Å². The van der Waals surface area contributed by atoms with Crippen molar-refractivity contribution in [3.8, 4) is 0 Å². The molecule has 2 amide bonds. The standard InChI is InChI=1S/C19H23N3O4S2/c23-18(10-4-7-16-8-5-13-27-16)20-21-19(24)15-6-3-9-17(14-15)28(25,26)22-11-1-2-12-22/h3,5-6,8-9,13-14H,1-2,4,7,10-12H2,(H,20,23)(H,21,24). The molecule has 0 aliphatic carbocycles. The fraction of sp³-hybridized carbons (Fsp3) is 0.368. The van der Waals surface area contributed by atoms with Gasteiger partial charge in [-0.1, -0.05) is 12.1 Å². The van der Waals surface area contributed by atoms with E-state index in [0.717, 1.165) is 19.3 Å². The Bertz CT molecular complexity index is 920. The van der Waals surface area contributed by atoms with Crippen molar-refractivity contribution in [3.05, 3.63) is 52.2 Å². The Morgan fingerprint density at radius 2 is 1.86 bits per heavy atom. The van der Waals surface area contributed by atoms with E-state index in [4.69, 9.17) is 0 Å². The van der Waals surface area contributed by atoms with Crippen molar-refractivity contribution in [3.63, 3.8) is 0 Å². The molecule has 1 fully saturated rings. The Morgan fingerprint density at radius 3 is 2.57 bits per heavy atom. The summed E-state index contributed by atoms with van der Waals surface area (Å²) in [5, 5.41) is 1.99. The lowest BCUT2D eigenvalue weighted by atomic mass is 10.2. The summed E-state index contributed by atoms with van der Waals surface area (Å²) in [6.07, 6.45) is 3.48. The molecule has 7 nitrogen and oxygen atoms in total. The number of hydrogen-bond donors (Lipinski definition) is 2. The molecule has 1 saturated heterocycles. The Balaban J connectivity index is 1.52. The van der Waals surface area contributed by atoms with Crippen LogP contribution in [-0.2, 0) is 21.2 Å². The molecule has 0 saturated carbocycles. The van der Waals surface area contributed by atoms with Crippen LogP contribution in [0.2, 0.25) is 0 Å². The number of sulfonamides is 1. The summed E-state index contributed by atoms with van der Waals surface area (Å²) in [5.41, 5.74) is 4.91. The van der Waals surface area contributed by atoms with Gasteiger partial charge in [-0.25, -0.2) is 8.42 Å². The summed E-state index contributed by atoms with van der Waals surface area (Å²) in [6, 6.07) is 9.85. The molecule has 0 unspecified atom stereocenters. The molecule has 0 radical (unpaired) electrons. The molecular formula is C19H23N3O4S2. The van der Waals surface area contributed by atoms with E-state index in [2.05, 4.69) is 10.9 Å². The molecule has 1 aliphatic rings. The molecule has 0 bridgehead atoms. The second-order valence-electron chi connectivity index (χ2n) is 6.57. The number of benzene rings is 1. The third kappa shape index (κ3) is 5.18. The van der Waals surface area contributed by atoms with Crippen molar-refractivity contribution >= 4 is 33.2 Å². The van der Waals surface area contributed by atoms with Crippen molar-refractivity contribution < 1.29 is 18.0 Å². The molecular weight excluding hydrogens is 398 g/mol. The van der Waals surface area contributed by atoms with Crippen LogP contribution in [0, 0.1) is 0 Å². The molecule has 2 aromatic rings.